The molecule has 1 aromatic rings. The summed E-state index contributed by atoms with van der Waals surface area (Å²) >= 11 is 3.46. The number of halogens is 1. The first-order valence-corrected chi connectivity index (χ1v) is 7.91. The maximum absolute atomic E-state index is 5.96. The molecular formula is C16H26BrNO2. The van der Waals surface area contributed by atoms with Crippen molar-refractivity contribution in [1.82, 2.24) is 5.32 Å². The van der Waals surface area contributed by atoms with E-state index in [0.29, 0.717) is 13.2 Å². The smallest absolute Gasteiger partial charge is 0.0950 e. The lowest BCUT2D eigenvalue weighted by atomic mass is 10.1. The van der Waals surface area contributed by atoms with Gasteiger partial charge in [-0.3, -0.25) is 0 Å². The van der Waals surface area contributed by atoms with Crippen molar-refractivity contribution in [3.8, 4) is 0 Å². The molecule has 1 atom stereocenters. The zero-order valence-corrected chi connectivity index (χ0v) is 14.5. The summed E-state index contributed by atoms with van der Waals surface area (Å²) in [5.41, 5.74) is 1.26. The first kappa shape index (κ1) is 17.6. The Morgan fingerprint density at radius 1 is 1.15 bits per heavy atom. The van der Waals surface area contributed by atoms with Gasteiger partial charge in [0.2, 0.25) is 0 Å². The van der Waals surface area contributed by atoms with E-state index in [2.05, 4.69) is 54.2 Å². The van der Waals surface area contributed by atoms with Gasteiger partial charge < -0.3 is 14.8 Å². The highest BCUT2D eigenvalue weighted by molar-refractivity contribution is 9.10. The van der Waals surface area contributed by atoms with E-state index in [-0.39, 0.29) is 11.6 Å². The Hall–Kier alpha value is -0.420. The minimum atomic E-state index is 0.0442. The average Bonchev–Trinajstić information content (AvgIpc) is 2.38. The van der Waals surface area contributed by atoms with Crippen LogP contribution in [0.15, 0.2) is 28.7 Å². The molecule has 1 N–H and O–H groups in total. The lowest BCUT2D eigenvalue weighted by Crippen LogP contribution is -2.39. The minimum Gasteiger partial charge on any atom is -0.379 e. The molecule has 20 heavy (non-hydrogen) atoms. The largest absolute Gasteiger partial charge is 0.379 e. The second-order valence-electron chi connectivity index (χ2n) is 5.74. The Kier molecular flexibility index (Phi) is 7.74. The van der Waals surface area contributed by atoms with Gasteiger partial charge in [-0.05, 0) is 45.4 Å². The van der Waals surface area contributed by atoms with Crippen LogP contribution in [0.1, 0.15) is 39.4 Å². The summed E-state index contributed by atoms with van der Waals surface area (Å²) in [6.45, 7) is 11.2. The van der Waals surface area contributed by atoms with Crippen molar-refractivity contribution in [3.05, 3.63) is 34.3 Å². The van der Waals surface area contributed by atoms with Crippen LogP contribution in [0.4, 0.5) is 0 Å². The highest BCUT2D eigenvalue weighted by atomic mass is 79.9. The summed E-state index contributed by atoms with van der Waals surface area (Å²) in [7, 11) is 0. The van der Waals surface area contributed by atoms with Crippen LogP contribution in [0.5, 0.6) is 0 Å². The van der Waals surface area contributed by atoms with Crippen LogP contribution in [0, 0.1) is 0 Å². The third kappa shape index (κ3) is 7.39. The van der Waals surface area contributed by atoms with Crippen molar-refractivity contribution in [3.63, 3.8) is 0 Å². The molecule has 0 heterocycles. The zero-order chi connectivity index (χ0) is 15.0. The number of nitrogens with one attached hydrogen (secondary N) is 1. The molecule has 1 rings (SSSR count). The molecule has 0 bridgehead atoms. The predicted molar refractivity (Wildman–Crippen MR) is 87.1 cm³/mol. The average molecular weight is 344 g/mol. The molecule has 0 radical (unpaired) electrons. The topological polar surface area (TPSA) is 30.5 Å². The minimum absolute atomic E-state index is 0.0442. The number of hydrogen-bond donors (Lipinski definition) is 1. The van der Waals surface area contributed by atoms with Crippen molar-refractivity contribution in [2.24, 2.45) is 0 Å². The fourth-order valence-corrected chi connectivity index (χ4v) is 2.01. The van der Waals surface area contributed by atoms with Crippen LogP contribution in [0.3, 0.4) is 0 Å². The van der Waals surface area contributed by atoms with Crippen molar-refractivity contribution in [2.75, 3.05) is 26.4 Å². The molecule has 1 unspecified atom stereocenters. The lowest BCUT2D eigenvalue weighted by Gasteiger charge is -2.26. The van der Waals surface area contributed by atoms with Crippen LogP contribution < -0.4 is 5.32 Å². The second-order valence-corrected chi connectivity index (χ2v) is 6.65. The van der Waals surface area contributed by atoms with E-state index in [1.165, 1.54) is 5.56 Å². The maximum Gasteiger partial charge on any atom is 0.0950 e. The molecule has 0 aliphatic rings. The van der Waals surface area contributed by atoms with Gasteiger partial charge in [-0.15, -0.1) is 0 Å². The lowest BCUT2D eigenvalue weighted by molar-refractivity contribution is 0.00458. The van der Waals surface area contributed by atoms with Crippen LogP contribution in [-0.4, -0.2) is 31.9 Å². The summed E-state index contributed by atoms with van der Waals surface area (Å²) in [6, 6.07) is 8.29. The van der Waals surface area contributed by atoms with Crippen LogP contribution in [0.25, 0.3) is 0 Å². The van der Waals surface area contributed by atoms with E-state index in [9.17, 15) is 0 Å². The third-order valence-corrected chi connectivity index (χ3v) is 3.34. The van der Waals surface area contributed by atoms with Gasteiger partial charge >= 0.3 is 0 Å². The van der Waals surface area contributed by atoms with Gasteiger partial charge in [0, 0.05) is 23.2 Å². The molecule has 3 nitrogen and oxygen atoms in total. The van der Waals surface area contributed by atoms with Crippen molar-refractivity contribution in [1.29, 1.82) is 0 Å². The van der Waals surface area contributed by atoms with E-state index in [1.54, 1.807) is 0 Å². The van der Waals surface area contributed by atoms with Crippen LogP contribution in [0.2, 0.25) is 0 Å². The van der Waals surface area contributed by atoms with E-state index >= 15 is 0 Å². The molecule has 0 amide bonds. The van der Waals surface area contributed by atoms with Gasteiger partial charge in [-0.2, -0.15) is 0 Å². The highest BCUT2D eigenvalue weighted by Gasteiger charge is 2.16. The number of benzene rings is 1. The molecular weight excluding hydrogens is 318 g/mol. The zero-order valence-electron chi connectivity index (χ0n) is 12.9. The Balaban J connectivity index is 2.60. The molecule has 0 aliphatic carbocycles. The molecule has 0 saturated carbocycles. The Labute approximate surface area is 131 Å². The third-order valence-electron chi connectivity index (χ3n) is 2.81. The van der Waals surface area contributed by atoms with Gasteiger partial charge in [0.25, 0.3) is 0 Å². The first-order valence-electron chi connectivity index (χ1n) is 7.12. The summed E-state index contributed by atoms with van der Waals surface area (Å²) in [5, 5.41) is 3.50. The highest BCUT2D eigenvalue weighted by Crippen LogP contribution is 2.20. The quantitative estimate of drug-likeness (QED) is 0.725. The van der Waals surface area contributed by atoms with Gasteiger partial charge in [0.1, 0.15) is 0 Å². The van der Waals surface area contributed by atoms with Crippen molar-refractivity contribution < 1.29 is 9.47 Å². The van der Waals surface area contributed by atoms with Gasteiger partial charge in [0.05, 0.1) is 19.3 Å². The van der Waals surface area contributed by atoms with Gasteiger partial charge in [-0.25, -0.2) is 0 Å². The molecule has 0 saturated heterocycles. The fraction of sp³-hybridized carbons (Fsp3) is 0.625. The van der Waals surface area contributed by atoms with Crippen LogP contribution in [-0.2, 0) is 9.47 Å². The molecule has 0 aromatic heterocycles. The summed E-state index contributed by atoms with van der Waals surface area (Å²) in [5.74, 6) is 0. The molecule has 1 aromatic carbocycles. The van der Waals surface area contributed by atoms with E-state index in [0.717, 1.165) is 17.6 Å². The second kappa shape index (κ2) is 8.78. The maximum atomic E-state index is 5.96. The Morgan fingerprint density at radius 3 is 2.35 bits per heavy atom. The molecule has 0 aliphatic heterocycles. The number of rotatable bonds is 8. The SMILES string of the molecule is CCOCCOC(CNC(C)(C)C)c1ccc(Br)cc1. The van der Waals surface area contributed by atoms with Crippen molar-refractivity contribution in [2.45, 2.75) is 39.3 Å². The standard InChI is InChI=1S/C16H26BrNO2/c1-5-19-10-11-20-15(12-18-16(2,3)4)13-6-8-14(17)9-7-13/h6-9,15,18H,5,10-12H2,1-4H3. The number of hydrogen-bond acceptors (Lipinski definition) is 3. The van der Waals surface area contributed by atoms with E-state index < -0.39 is 0 Å². The first-order chi connectivity index (χ1) is 9.42. The summed E-state index contributed by atoms with van der Waals surface area (Å²) in [4.78, 5) is 0. The van der Waals surface area contributed by atoms with E-state index in [1.807, 2.05) is 19.1 Å². The summed E-state index contributed by atoms with van der Waals surface area (Å²) in [6.07, 6.45) is 0.0442. The normalized spacial score (nSPS) is 13.4. The molecule has 0 fully saturated rings. The summed E-state index contributed by atoms with van der Waals surface area (Å²) < 4.78 is 12.4. The van der Waals surface area contributed by atoms with Gasteiger partial charge in [-0.1, -0.05) is 28.1 Å². The fourth-order valence-electron chi connectivity index (χ4n) is 1.74. The number of ether oxygens (including phenoxy) is 2. The van der Waals surface area contributed by atoms with E-state index in [4.69, 9.17) is 9.47 Å². The monoisotopic (exact) mass is 343 g/mol. The Bertz CT molecular complexity index is 373. The van der Waals surface area contributed by atoms with Crippen molar-refractivity contribution >= 4 is 15.9 Å². The van der Waals surface area contributed by atoms with Crippen LogP contribution >= 0.6 is 15.9 Å². The predicted octanol–water partition coefficient (Wildman–Crippen LogP) is 3.93. The molecule has 4 heteroatoms. The molecule has 0 spiro atoms. The van der Waals surface area contributed by atoms with Gasteiger partial charge in [0.15, 0.2) is 0 Å². The Morgan fingerprint density at radius 2 is 1.80 bits per heavy atom. The molecule has 114 valence electrons.